The van der Waals surface area contributed by atoms with Gasteiger partial charge in [0, 0.05) is 24.8 Å². The number of sulfonamides is 1. The van der Waals surface area contributed by atoms with Gasteiger partial charge in [0.05, 0.1) is 6.54 Å². The summed E-state index contributed by atoms with van der Waals surface area (Å²) in [7, 11) is -3.85. The van der Waals surface area contributed by atoms with Crippen LogP contribution in [0.25, 0.3) is 22.3 Å². The van der Waals surface area contributed by atoms with E-state index in [0.29, 0.717) is 25.3 Å². The van der Waals surface area contributed by atoms with Crippen molar-refractivity contribution in [1.29, 1.82) is 0 Å². The second-order valence-corrected chi connectivity index (χ2v) is 9.06. The Morgan fingerprint density at radius 1 is 1.00 bits per heavy atom. The number of pyridine rings is 1. The van der Waals surface area contributed by atoms with Crippen LogP contribution in [-0.4, -0.2) is 43.9 Å². The van der Waals surface area contributed by atoms with Crippen molar-refractivity contribution < 1.29 is 17.5 Å². The molecule has 0 saturated carbocycles. The van der Waals surface area contributed by atoms with Gasteiger partial charge in [0.25, 0.3) is 0 Å². The predicted molar refractivity (Wildman–Crippen MR) is 119 cm³/mol. The zero-order chi connectivity index (χ0) is 22.0. The summed E-state index contributed by atoms with van der Waals surface area (Å²) in [6.45, 7) is 5.38. The zero-order valence-corrected chi connectivity index (χ0v) is 18.2. The number of nitrogens with one attached hydrogen (secondary N) is 1. The van der Waals surface area contributed by atoms with Gasteiger partial charge >= 0.3 is 0 Å². The van der Waals surface area contributed by atoms with Crippen LogP contribution in [0, 0.1) is 5.82 Å². The lowest BCUT2D eigenvalue weighted by Crippen LogP contribution is -2.31. The van der Waals surface area contributed by atoms with Crippen LogP contribution in [0.4, 0.5) is 10.2 Å². The van der Waals surface area contributed by atoms with E-state index in [2.05, 4.69) is 10.3 Å². The van der Waals surface area contributed by atoms with Gasteiger partial charge in [-0.2, -0.15) is 4.31 Å². The number of rotatable bonds is 6. The van der Waals surface area contributed by atoms with Crippen LogP contribution in [0.2, 0.25) is 0 Å². The van der Waals surface area contributed by atoms with Crippen LogP contribution in [0.1, 0.15) is 13.8 Å². The van der Waals surface area contributed by atoms with Crippen LogP contribution in [0.15, 0.2) is 59.6 Å². The fourth-order valence-corrected chi connectivity index (χ4v) is 5.13. The Kier molecular flexibility index (Phi) is 5.93. The fourth-order valence-electron chi connectivity index (χ4n) is 3.62. The molecule has 0 fully saturated rings. The number of ether oxygens (including phenoxy) is 1. The Bertz CT molecular complexity index is 1190. The molecule has 8 heteroatoms. The first-order valence-electron chi connectivity index (χ1n) is 10.2. The standard InChI is InChI=1S/C23H24FN3O3S/c1-3-27(4-2)31(28,29)22-10-9-18(13-20(22)24)16-5-7-17(8-6-16)19-14-21-23(26-15-19)25-11-12-30-21/h5-10,13-15H,3-4,11-12H2,1-2H3,(H,25,26). The maximum absolute atomic E-state index is 14.7. The molecule has 0 amide bonds. The third kappa shape index (κ3) is 4.13. The Hall–Kier alpha value is -2.97. The van der Waals surface area contributed by atoms with E-state index >= 15 is 0 Å². The monoisotopic (exact) mass is 441 g/mol. The van der Waals surface area contributed by atoms with Crippen molar-refractivity contribution in [1.82, 2.24) is 9.29 Å². The number of nitrogens with zero attached hydrogens (tertiary/aromatic N) is 2. The van der Waals surface area contributed by atoms with Gasteiger partial charge in [-0.15, -0.1) is 0 Å². The smallest absolute Gasteiger partial charge is 0.245 e. The van der Waals surface area contributed by atoms with Crippen molar-refractivity contribution in [3.05, 3.63) is 60.5 Å². The Labute approximate surface area is 181 Å². The number of hydrogen-bond acceptors (Lipinski definition) is 5. The van der Waals surface area contributed by atoms with Crippen LogP contribution in [-0.2, 0) is 10.0 Å². The molecular weight excluding hydrogens is 417 g/mol. The lowest BCUT2D eigenvalue weighted by molar-refractivity contribution is 0.321. The fraction of sp³-hybridized carbons (Fsp3) is 0.261. The topological polar surface area (TPSA) is 71.5 Å². The molecule has 1 aliphatic rings. The van der Waals surface area contributed by atoms with Gasteiger partial charge in [-0.25, -0.2) is 17.8 Å². The van der Waals surface area contributed by atoms with E-state index in [1.807, 2.05) is 30.3 Å². The van der Waals surface area contributed by atoms with Crippen LogP contribution >= 0.6 is 0 Å². The van der Waals surface area contributed by atoms with E-state index in [1.54, 1.807) is 26.1 Å². The summed E-state index contributed by atoms with van der Waals surface area (Å²) >= 11 is 0. The number of hydrogen-bond donors (Lipinski definition) is 1. The summed E-state index contributed by atoms with van der Waals surface area (Å²) in [4.78, 5) is 4.10. The van der Waals surface area contributed by atoms with Gasteiger partial charge in [-0.3, -0.25) is 0 Å². The average molecular weight is 442 g/mol. The molecule has 0 spiro atoms. The van der Waals surface area contributed by atoms with Gasteiger partial charge in [0.15, 0.2) is 11.6 Å². The number of fused-ring (bicyclic) bond motifs is 1. The Morgan fingerprint density at radius 2 is 1.65 bits per heavy atom. The zero-order valence-electron chi connectivity index (χ0n) is 17.4. The molecule has 1 aromatic heterocycles. The van der Waals surface area contributed by atoms with E-state index < -0.39 is 15.8 Å². The number of benzene rings is 2. The number of anilines is 1. The Morgan fingerprint density at radius 3 is 2.29 bits per heavy atom. The normalized spacial score (nSPS) is 13.4. The second kappa shape index (κ2) is 8.64. The quantitative estimate of drug-likeness (QED) is 0.614. The molecule has 6 nitrogen and oxygen atoms in total. The van der Waals surface area contributed by atoms with Gasteiger partial charge < -0.3 is 10.1 Å². The van der Waals surface area contributed by atoms with Gasteiger partial charge in [0.1, 0.15) is 17.3 Å². The van der Waals surface area contributed by atoms with E-state index in [-0.39, 0.29) is 4.90 Å². The van der Waals surface area contributed by atoms with Crippen molar-refractivity contribution in [2.24, 2.45) is 0 Å². The molecule has 1 aliphatic heterocycles. The van der Waals surface area contributed by atoms with Gasteiger partial charge in [-0.05, 0) is 34.9 Å². The van der Waals surface area contributed by atoms with Crippen molar-refractivity contribution in [3.8, 4) is 28.0 Å². The van der Waals surface area contributed by atoms with Crippen molar-refractivity contribution in [3.63, 3.8) is 0 Å². The van der Waals surface area contributed by atoms with Crippen LogP contribution in [0.5, 0.6) is 5.75 Å². The highest BCUT2D eigenvalue weighted by molar-refractivity contribution is 7.89. The lowest BCUT2D eigenvalue weighted by Gasteiger charge is -2.19. The maximum Gasteiger partial charge on any atom is 0.245 e. The largest absolute Gasteiger partial charge is 0.488 e. The molecule has 0 bridgehead atoms. The minimum Gasteiger partial charge on any atom is -0.488 e. The summed E-state index contributed by atoms with van der Waals surface area (Å²) in [5.74, 6) is 0.707. The minimum absolute atomic E-state index is 0.292. The van der Waals surface area contributed by atoms with Crippen molar-refractivity contribution in [2.45, 2.75) is 18.7 Å². The van der Waals surface area contributed by atoms with Gasteiger partial charge in [-0.1, -0.05) is 44.2 Å². The SMILES string of the molecule is CCN(CC)S(=O)(=O)c1ccc(-c2ccc(-c3cnc4c(c3)OCCN4)cc2)cc1F. The maximum atomic E-state index is 14.7. The summed E-state index contributed by atoms with van der Waals surface area (Å²) in [6.07, 6.45) is 1.78. The molecule has 162 valence electrons. The first kappa shape index (κ1) is 21.3. The third-order valence-electron chi connectivity index (χ3n) is 5.31. The van der Waals surface area contributed by atoms with Gasteiger partial charge in [0.2, 0.25) is 10.0 Å². The van der Waals surface area contributed by atoms with Crippen LogP contribution < -0.4 is 10.1 Å². The molecule has 0 saturated heterocycles. The number of halogens is 1. The highest BCUT2D eigenvalue weighted by Crippen LogP contribution is 2.32. The van der Waals surface area contributed by atoms with E-state index in [1.165, 1.54) is 16.4 Å². The van der Waals surface area contributed by atoms with E-state index in [9.17, 15) is 12.8 Å². The lowest BCUT2D eigenvalue weighted by atomic mass is 10.0. The summed E-state index contributed by atoms with van der Waals surface area (Å²) in [5.41, 5.74) is 3.27. The van der Waals surface area contributed by atoms with Crippen molar-refractivity contribution >= 4 is 15.8 Å². The molecule has 2 aromatic carbocycles. The molecule has 0 radical (unpaired) electrons. The third-order valence-corrected chi connectivity index (χ3v) is 7.39. The molecular formula is C23H24FN3O3S. The molecule has 2 heterocycles. The average Bonchev–Trinajstić information content (AvgIpc) is 2.79. The first-order chi connectivity index (χ1) is 14.9. The Balaban J connectivity index is 1.60. The predicted octanol–water partition coefficient (Wildman–Crippen LogP) is 4.39. The minimum atomic E-state index is -3.85. The molecule has 0 unspecified atom stereocenters. The second-order valence-electron chi connectivity index (χ2n) is 7.16. The summed E-state index contributed by atoms with van der Waals surface area (Å²) < 4.78 is 46.9. The number of aromatic nitrogens is 1. The highest BCUT2D eigenvalue weighted by atomic mass is 32.2. The molecule has 1 N–H and O–H groups in total. The summed E-state index contributed by atoms with van der Waals surface area (Å²) in [6, 6.07) is 13.8. The molecule has 4 rings (SSSR count). The highest BCUT2D eigenvalue weighted by Gasteiger charge is 2.25. The summed E-state index contributed by atoms with van der Waals surface area (Å²) in [5, 5.41) is 3.19. The molecule has 31 heavy (non-hydrogen) atoms. The van der Waals surface area contributed by atoms with E-state index in [4.69, 9.17) is 4.74 Å². The van der Waals surface area contributed by atoms with Crippen molar-refractivity contribution in [2.75, 3.05) is 31.6 Å². The van der Waals surface area contributed by atoms with E-state index in [0.717, 1.165) is 34.8 Å². The van der Waals surface area contributed by atoms with Crippen LogP contribution in [0.3, 0.4) is 0 Å². The molecule has 0 aliphatic carbocycles. The molecule has 0 atom stereocenters. The first-order valence-corrected chi connectivity index (χ1v) is 11.6. The molecule has 3 aromatic rings.